The molecule has 31 nitrogen and oxygen atoms in total. The summed E-state index contributed by atoms with van der Waals surface area (Å²) in [7, 11) is 0. The lowest BCUT2D eigenvalue weighted by molar-refractivity contribution is -0.140. The van der Waals surface area contributed by atoms with Crippen molar-refractivity contribution in [3.05, 3.63) is 18.2 Å². The number of primary amides is 2. The Morgan fingerprint density at radius 1 is 0.575 bits per heavy atom. The summed E-state index contributed by atoms with van der Waals surface area (Å²) < 4.78 is 0. The van der Waals surface area contributed by atoms with Gasteiger partial charge in [0.15, 0.2) is 5.96 Å². The molecule has 0 bridgehead atoms. The molecule has 0 spiro atoms. The topological polar surface area (TPSA) is 519 Å². The number of aliphatic carboxylic acids is 1. The Hall–Kier alpha value is -7.42. The number of amides is 8. The molecule has 4 unspecified atom stereocenters. The Morgan fingerprint density at radius 2 is 1.09 bits per heavy atom. The van der Waals surface area contributed by atoms with E-state index in [4.69, 9.17) is 28.5 Å². The van der Waals surface area contributed by atoms with Gasteiger partial charge in [-0.25, -0.2) is 10.4 Å². The minimum absolute atomic E-state index is 0.0237. The van der Waals surface area contributed by atoms with Crippen molar-refractivity contribution in [1.82, 2.24) is 63.2 Å². The molecule has 8 amide bonds. The number of nitrogens with two attached hydrogens (primary N) is 4. The quantitative estimate of drug-likeness (QED) is 0.00771. The Bertz CT molecular complexity index is 2450. The van der Waals surface area contributed by atoms with E-state index in [2.05, 4.69) is 63.2 Å². The number of carbonyl (C=O) groups excluding carboxylic acids is 12. The number of nitrogens with zero attached hydrogens (tertiary/aromatic N) is 1. The predicted octanol–water partition coefficient (Wildman–Crippen LogP) is -3.01. The number of aromatic amines is 1. The molecule has 0 aliphatic carbocycles. The third-order valence-corrected chi connectivity index (χ3v) is 14.1. The van der Waals surface area contributed by atoms with E-state index in [-0.39, 0.29) is 88.7 Å². The van der Waals surface area contributed by atoms with Crippen LogP contribution in [0.15, 0.2) is 12.5 Å². The van der Waals surface area contributed by atoms with Gasteiger partial charge in [0.2, 0.25) is 70.4 Å². The largest absolute Gasteiger partial charge is 0.481 e. The summed E-state index contributed by atoms with van der Waals surface area (Å²) in [5, 5.41) is 40.7. The number of carboxylic acids is 1. The summed E-state index contributed by atoms with van der Waals surface area (Å²) in [5.41, 5.74) is 19.0. The summed E-state index contributed by atoms with van der Waals surface area (Å²) >= 11 is 1.36. The van der Waals surface area contributed by atoms with Crippen molar-refractivity contribution in [3.8, 4) is 0 Å². The lowest BCUT2D eigenvalue weighted by Crippen LogP contribution is -2.58. The number of carboxylic acid groups (broad SMARTS) is 1. The average Bonchev–Trinajstić information content (AvgIpc) is 3.78. The SMILES string of the molecule is CCNC(C)C(=O)C(=O)C(CCSC)NC(=O)[C@H](CCCNC(=N)N)NC(=O)C(CCC(=O)O)NC(=O)[C@H](CCC(N)=O)NC(=O)CCCCCCN[C@@H](CC(C)C)C(=O)C(=O)[C@H](Cc1cnc[nH]1)NC(=O)C(CC(N)=O)NC(=O)[C@H](CC(C)C)NN. The zero-order chi connectivity index (χ0) is 65.8. The highest BCUT2D eigenvalue weighted by molar-refractivity contribution is 7.98. The zero-order valence-corrected chi connectivity index (χ0v) is 51.9. The number of likely N-dealkylation sites (N-methyl/N-ethyl adjacent to an activating group) is 1. The molecule has 490 valence electrons. The van der Waals surface area contributed by atoms with Gasteiger partial charge in [0.25, 0.3) is 0 Å². The molecular formula is C55H95N17O14S. The van der Waals surface area contributed by atoms with Gasteiger partial charge in [-0.1, -0.05) is 47.5 Å². The molecule has 0 fully saturated rings. The Kier molecular flexibility index (Phi) is 37.8. The fourth-order valence-electron chi connectivity index (χ4n) is 8.90. The van der Waals surface area contributed by atoms with Crippen LogP contribution < -0.4 is 76.3 Å². The van der Waals surface area contributed by atoms with Crippen LogP contribution in [0.5, 0.6) is 0 Å². The van der Waals surface area contributed by atoms with Gasteiger partial charge < -0.3 is 75.1 Å². The second kappa shape index (κ2) is 42.4. The molecule has 0 saturated heterocycles. The number of H-pyrrole nitrogens is 1. The number of hydrogen-bond donors (Lipinski definition) is 17. The molecular weight excluding hydrogens is 1150 g/mol. The van der Waals surface area contributed by atoms with E-state index >= 15 is 0 Å². The second-order valence-electron chi connectivity index (χ2n) is 22.0. The standard InChI is InChI=1S/C55H95N17O14S/c1-8-62-32(6)46(78)47(79)34(20-23-87-7)67-50(82)35(14-13-22-64-55(58)59)68-52(84)37(17-19-45(76)77)69-51(83)36(16-18-42(56)73)66-44(75)15-11-9-10-12-21-63-38(24-30(2)3)48(80)49(81)39(26-33-28-61-29-65-33)70-53(85)40(27-43(57)74)71-54(86)41(72-60)25-31(4)5/h28-32,34-41,62-63,72H,8-27,60H2,1-7H3,(H2,56,73)(H2,57,74)(H,61,65)(H,66,75)(H,67,82)(H,68,84)(H,69,83)(H,70,85)(H,71,86)(H,76,77)(H4,58,59,64)/t32?,34?,35-,36-,37?,38-,39-,40?,41-/m0/s1. The van der Waals surface area contributed by atoms with Crippen LogP contribution in [0.4, 0.5) is 0 Å². The smallest absolute Gasteiger partial charge is 0.303 e. The van der Waals surface area contributed by atoms with E-state index in [1.165, 1.54) is 31.2 Å². The van der Waals surface area contributed by atoms with E-state index in [0.717, 1.165) is 0 Å². The number of imidazole rings is 1. The Labute approximate surface area is 511 Å². The van der Waals surface area contributed by atoms with Crippen molar-refractivity contribution in [1.29, 1.82) is 5.41 Å². The van der Waals surface area contributed by atoms with Gasteiger partial charge in [0, 0.05) is 44.1 Å². The number of unbranched alkanes of at least 4 members (excludes halogenated alkanes) is 3. The van der Waals surface area contributed by atoms with Crippen molar-refractivity contribution < 1.29 is 67.4 Å². The molecule has 0 aliphatic rings. The molecule has 1 rings (SSSR count). The fourth-order valence-corrected chi connectivity index (χ4v) is 9.37. The average molecular weight is 1250 g/mol. The lowest BCUT2D eigenvalue weighted by Gasteiger charge is -2.26. The van der Waals surface area contributed by atoms with E-state index < -0.39 is 150 Å². The maximum Gasteiger partial charge on any atom is 0.303 e. The van der Waals surface area contributed by atoms with Gasteiger partial charge in [0.1, 0.15) is 30.2 Å². The van der Waals surface area contributed by atoms with Crippen LogP contribution >= 0.6 is 11.8 Å². The number of carbonyl (C=O) groups is 13. The fraction of sp³-hybridized carbons (Fsp3) is 0.691. The highest BCUT2D eigenvalue weighted by Gasteiger charge is 2.37. The Morgan fingerprint density at radius 3 is 1.63 bits per heavy atom. The number of nitrogens with one attached hydrogen (secondary N) is 12. The highest BCUT2D eigenvalue weighted by Crippen LogP contribution is 2.14. The molecule has 0 radical (unpaired) electrons. The minimum atomic E-state index is -1.62. The van der Waals surface area contributed by atoms with Crippen LogP contribution in [-0.2, 0) is 68.7 Å². The number of hydrazine groups is 1. The molecule has 21 N–H and O–H groups in total. The van der Waals surface area contributed by atoms with Gasteiger partial charge >= 0.3 is 5.97 Å². The first-order valence-electron chi connectivity index (χ1n) is 29.3. The number of Topliss-reactive ketones (excluding diaryl/α,β-unsaturated/α-hetero) is 4. The van der Waals surface area contributed by atoms with E-state index in [0.29, 0.717) is 43.7 Å². The van der Waals surface area contributed by atoms with Crippen molar-refractivity contribution in [2.45, 2.75) is 199 Å². The zero-order valence-electron chi connectivity index (χ0n) is 51.1. The van der Waals surface area contributed by atoms with Crippen molar-refractivity contribution in [3.63, 3.8) is 0 Å². The predicted molar refractivity (Wildman–Crippen MR) is 323 cm³/mol. The van der Waals surface area contributed by atoms with Crippen LogP contribution in [-0.4, -0.2) is 183 Å². The molecule has 9 atom stereocenters. The van der Waals surface area contributed by atoms with Crippen LogP contribution in [0.25, 0.3) is 0 Å². The number of rotatable bonds is 49. The molecule has 32 heteroatoms. The van der Waals surface area contributed by atoms with Gasteiger partial charge in [-0.3, -0.25) is 73.6 Å². The van der Waals surface area contributed by atoms with Gasteiger partial charge in [-0.05, 0) is 102 Å². The van der Waals surface area contributed by atoms with Crippen LogP contribution in [0.1, 0.15) is 144 Å². The summed E-state index contributed by atoms with van der Waals surface area (Å²) in [6.07, 6.45) is 4.15. The van der Waals surface area contributed by atoms with Crippen LogP contribution in [0.2, 0.25) is 0 Å². The maximum absolute atomic E-state index is 14.1. The van der Waals surface area contributed by atoms with Crippen molar-refractivity contribution >= 4 is 94.1 Å². The first kappa shape index (κ1) is 77.6. The van der Waals surface area contributed by atoms with E-state index in [1.807, 2.05) is 27.7 Å². The van der Waals surface area contributed by atoms with E-state index in [9.17, 15) is 67.4 Å². The highest BCUT2D eigenvalue weighted by atomic mass is 32.2. The Balaban J connectivity index is 3.19. The van der Waals surface area contributed by atoms with Crippen molar-refractivity contribution in [2.24, 2.45) is 34.9 Å². The molecule has 0 aromatic carbocycles. The summed E-state index contributed by atoms with van der Waals surface area (Å²) in [6.45, 7) is 11.4. The van der Waals surface area contributed by atoms with Gasteiger partial charge in [-0.2, -0.15) is 11.8 Å². The molecule has 0 aliphatic heterocycles. The second-order valence-corrected chi connectivity index (χ2v) is 23.0. The molecule has 1 heterocycles. The third-order valence-electron chi connectivity index (χ3n) is 13.5. The first-order chi connectivity index (χ1) is 41.0. The van der Waals surface area contributed by atoms with E-state index in [1.54, 1.807) is 13.2 Å². The first-order valence-corrected chi connectivity index (χ1v) is 30.7. The summed E-state index contributed by atoms with van der Waals surface area (Å²) in [5.74, 6) is -6.08. The minimum Gasteiger partial charge on any atom is -0.481 e. The number of thioether (sulfide) groups is 1. The summed E-state index contributed by atoms with van der Waals surface area (Å²) in [6, 6.07) is -11.5. The summed E-state index contributed by atoms with van der Waals surface area (Å²) in [4.78, 5) is 179. The number of ketones is 4. The molecule has 1 aromatic heterocycles. The number of guanidine groups is 1. The lowest BCUT2D eigenvalue weighted by atomic mass is 9.93. The van der Waals surface area contributed by atoms with Gasteiger partial charge in [-0.15, -0.1) is 0 Å². The third kappa shape index (κ3) is 32.2. The number of hydrogen-bond acceptors (Lipinski definition) is 20. The number of aromatic nitrogens is 2. The molecule has 0 saturated carbocycles. The van der Waals surface area contributed by atoms with Crippen LogP contribution in [0.3, 0.4) is 0 Å². The monoisotopic (exact) mass is 1250 g/mol. The molecule has 1 aromatic rings. The molecule has 87 heavy (non-hydrogen) atoms. The van der Waals surface area contributed by atoms with Gasteiger partial charge in [0.05, 0.1) is 36.9 Å². The normalized spacial score (nSPS) is 14.3. The maximum atomic E-state index is 14.1. The van der Waals surface area contributed by atoms with Crippen molar-refractivity contribution in [2.75, 3.05) is 31.6 Å². The van der Waals surface area contributed by atoms with Crippen LogP contribution in [0, 0.1) is 17.2 Å².